The maximum Gasteiger partial charge on any atom is 0.269 e. The fourth-order valence-corrected chi connectivity index (χ4v) is 1.22. The van der Waals surface area contributed by atoms with Crippen molar-refractivity contribution in [1.82, 2.24) is 15.1 Å². The lowest BCUT2D eigenvalue weighted by atomic mass is 10.3. The van der Waals surface area contributed by atoms with Crippen LogP contribution < -0.4 is 5.32 Å². The van der Waals surface area contributed by atoms with Crippen molar-refractivity contribution in [2.75, 3.05) is 6.54 Å². The number of amides is 1. The first kappa shape index (κ1) is 10.5. The molecule has 0 saturated carbocycles. The second-order valence-electron chi connectivity index (χ2n) is 2.99. The molecule has 0 spiro atoms. The van der Waals surface area contributed by atoms with Crippen LogP contribution in [-0.4, -0.2) is 22.2 Å². The fraction of sp³-hybridized carbons (Fsp3) is 0.400. The molecule has 1 aromatic rings. The summed E-state index contributed by atoms with van der Waals surface area (Å²) in [7, 11) is 0. The van der Waals surface area contributed by atoms with Crippen molar-refractivity contribution in [1.29, 1.82) is 0 Å². The Morgan fingerprint density at radius 2 is 2.50 bits per heavy atom. The van der Waals surface area contributed by atoms with Gasteiger partial charge in [-0.1, -0.05) is 6.08 Å². The molecule has 0 aliphatic rings. The van der Waals surface area contributed by atoms with E-state index in [2.05, 4.69) is 17.0 Å². The van der Waals surface area contributed by atoms with Gasteiger partial charge in [0.2, 0.25) is 0 Å². The van der Waals surface area contributed by atoms with Gasteiger partial charge in [0.1, 0.15) is 5.69 Å². The molecule has 0 aromatic carbocycles. The summed E-state index contributed by atoms with van der Waals surface area (Å²) in [5.74, 6) is -0.104. The summed E-state index contributed by atoms with van der Waals surface area (Å²) in [5.41, 5.74) is 1.46. The average molecular weight is 193 g/mol. The molecule has 0 saturated heterocycles. The molecule has 0 aliphatic heterocycles. The van der Waals surface area contributed by atoms with Gasteiger partial charge in [0.05, 0.1) is 5.69 Å². The number of hydrogen-bond acceptors (Lipinski definition) is 2. The molecule has 1 amide bonds. The molecule has 0 radical (unpaired) electrons. The molecule has 1 aromatic heterocycles. The van der Waals surface area contributed by atoms with E-state index in [4.69, 9.17) is 0 Å². The summed E-state index contributed by atoms with van der Waals surface area (Å²) in [5, 5.41) is 6.91. The molecule has 4 heteroatoms. The van der Waals surface area contributed by atoms with Crippen molar-refractivity contribution < 1.29 is 4.79 Å². The minimum Gasteiger partial charge on any atom is -0.347 e. The third kappa shape index (κ3) is 2.22. The van der Waals surface area contributed by atoms with E-state index in [1.54, 1.807) is 16.8 Å². The Balaban J connectivity index is 2.82. The summed E-state index contributed by atoms with van der Waals surface area (Å²) in [6.07, 6.45) is 1.65. The van der Waals surface area contributed by atoms with Crippen LogP contribution in [0.1, 0.15) is 23.1 Å². The van der Waals surface area contributed by atoms with E-state index in [1.165, 1.54) is 0 Å². The lowest BCUT2D eigenvalue weighted by Gasteiger charge is -2.03. The van der Waals surface area contributed by atoms with Gasteiger partial charge < -0.3 is 5.32 Å². The number of aromatic nitrogens is 2. The van der Waals surface area contributed by atoms with Gasteiger partial charge in [0, 0.05) is 13.1 Å². The van der Waals surface area contributed by atoms with Crippen LogP contribution in [0.15, 0.2) is 18.7 Å². The van der Waals surface area contributed by atoms with Gasteiger partial charge in [-0.05, 0) is 19.9 Å². The summed E-state index contributed by atoms with van der Waals surface area (Å²) in [6, 6.07) is 1.78. The summed E-state index contributed by atoms with van der Waals surface area (Å²) >= 11 is 0. The van der Waals surface area contributed by atoms with Crippen LogP contribution in [0.3, 0.4) is 0 Å². The SMILES string of the molecule is C=CCNC(=O)c1cc(C)nn1CC. The average Bonchev–Trinajstić information content (AvgIpc) is 2.56. The van der Waals surface area contributed by atoms with Crippen LogP contribution in [0, 0.1) is 6.92 Å². The summed E-state index contributed by atoms with van der Waals surface area (Å²) in [4.78, 5) is 11.6. The van der Waals surface area contributed by atoms with E-state index in [-0.39, 0.29) is 5.91 Å². The highest BCUT2D eigenvalue weighted by Crippen LogP contribution is 2.03. The van der Waals surface area contributed by atoms with E-state index in [9.17, 15) is 4.79 Å². The van der Waals surface area contributed by atoms with Crippen LogP contribution >= 0.6 is 0 Å². The topological polar surface area (TPSA) is 46.9 Å². The second-order valence-corrected chi connectivity index (χ2v) is 2.99. The lowest BCUT2D eigenvalue weighted by Crippen LogP contribution is -2.26. The molecule has 0 aliphatic carbocycles. The number of rotatable bonds is 4. The summed E-state index contributed by atoms with van der Waals surface area (Å²) in [6.45, 7) is 8.54. The third-order valence-electron chi connectivity index (χ3n) is 1.84. The van der Waals surface area contributed by atoms with E-state index in [0.29, 0.717) is 18.8 Å². The Kier molecular flexibility index (Phi) is 3.45. The first-order chi connectivity index (χ1) is 6.69. The van der Waals surface area contributed by atoms with Gasteiger partial charge >= 0.3 is 0 Å². The van der Waals surface area contributed by atoms with Crippen LogP contribution in [0.25, 0.3) is 0 Å². The van der Waals surface area contributed by atoms with Crippen LogP contribution in [-0.2, 0) is 6.54 Å². The van der Waals surface area contributed by atoms with E-state index in [1.807, 2.05) is 13.8 Å². The normalized spacial score (nSPS) is 9.86. The van der Waals surface area contributed by atoms with E-state index in [0.717, 1.165) is 5.69 Å². The molecule has 0 fully saturated rings. The number of aryl methyl sites for hydroxylation is 2. The standard InChI is InChI=1S/C10H15N3O/c1-4-6-11-10(14)9-7-8(3)12-13(9)5-2/h4,7H,1,5-6H2,2-3H3,(H,11,14). The van der Waals surface area contributed by atoms with Gasteiger partial charge in [0.15, 0.2) is 0 Å². The van der Waals surface area contributed by atoms with Gasteiger partial charge in [-0.2, -0.15) is 5.10 Å². The maximum absolute atomic E-state index is 11.6. The van der Waals surface area contributed by atoms with Crippen molar-refractivity contribution in [3.05, 3.63) is 30.1 Å². The molecular formula is C10H15N3O. The largest absolute Gasteiger partial charge is 0.347 e. The predicted molar refractivity (Wildman–Crippen MR) is 55.2 cm³/mol. The third-order valence-corrected chi connectivity index (χ3v) is 1.84. The highest BCUT2D eigenvalue weighted by atomic mass is 16.2. The molecule has 14 heavy (non-hydrogen) atoms. The Bertz CT molecular complexity index is 341. The smallest absolute Gasteiger partial charge is 0.269 e. The van der Waals surface area contributed by atoms with E-state index < -0.39 is 0 Å². The molecule has 1 N–H and O–H groups in total. The van der Waals surface area contributed by atoms with Crippen molar-refractivity contribution in [3.63, 3.8) is 0 Å². The molecule has 1 heterocycles. The van der Waals surface area contributed by atoms with Gasteiger partial charge in [-0.3, -0.25) is 9.48 Å². The van der Waals surface area contributed by atoms with Crippen molar-refractivity contribution in [2.24, 2.45) is 0 Å². The fourth-order valence-electron chi connectivity index (χ4n) is 1.22. The van der Waals surface area contributed by atoms with Crippen LogP contribution in [0.2, 0.25) is 0 Å². The summed E-state index contributed by atoms with van der Waals surface area (Å²) < 4.78 is 1.69. The quantitative estimate of drug-likeness (QED) is 0.728. The minimum atomic E-state index is -0.104. The number of carbonyl (C=O) groups excluding carboxylic acids is 1. The van der Waals surface area contributed by atoms with E-state index >= 15 is 0 Å². The minimum absolute atomic E-state index is 0.104. The Morgan fingerprint density at radius 3 is 3.07 bits per heavy atom. The molecule has 4 nitrogen and oxygen atoms in total. The predicted octanol–water partition coefficient (Wildman–Crippen LogP) is 1.13. The van der Waals surface area contributed by atoms with Gasteiger partial charge in [-0.25, -0.2) is 0 Å². The highest BCUT2D eigenvalue weighted by molar-refractivity contribution is 5.92. The Morgan fingerprint density at radius 1 is 1.79 bits per heavy atom. The second kappa shape index (κ2) is 4.60. The molecule has 76 valence electrons. The number of nitrogens with one attached hydrogen (secondary N) is 1. The van der Waals surface area contributed by atoms with Gasteiger partial charge in [0.25, 0.3) is 5.91 Å². The highest BCUT2D eigenvalue weighted by Gasteiger charge is 2.11. The molecule has 0 atom stereocenters. The first-order valence-electron chi connectivity index (χ1n) is 4.62. The monoisotopic (exact) mass is 193 g/mol. The maximum atomic E-state index is 11.6. The lowest BCUT2D eigenvalue weighted by molar-refractivity contribution is 0.0947. The Labute approximate surface area is 83.6 Å². The Hall–Kier alpha value is -1.58. The van der Waals surface area contributed by atoms with Crippen LogP contribution in [0.5, 0.6) is 0 Å². The zero-order valence-electron chi connectivity index (χ0n) is 8.58. The zero-order valence-corrected chi connectivity index (χ0v) is 8.58. The number of nitrogens with zero attached hydrogens (tertiary/aromatic N) is 2. The van der Waals surface area contributed by atoms with Crippen molar-refractivity contribution in [3.8, 4) is 0 Å². The van der Waals surface area contributed by atoms with Crippen molar-refractivity contribution in [2.45, 2.75) is 20.4 Å². The van der Waals surface area contributed by atoms with Crippen molar-refractivity contribution >= 4 is 5.91 Å². The van der Waals surface area contributed by atoms with Crippen LogP contribution in [0.4, 0.5) is 0 Å². The molecule has 0 bridgehead atoms. The molecule has 1 rings (SSSR count). The number of carbonyl (C=O) groups is 1. The first-order valence-corrected chi connectivity index (χ1v) is 4.62. The molecule has 0 unspecified atom stereocenters. The number of hydrogen-bond donors (Lipinski definition) is 1. The van der Waals surface area contributed by atoms with Gasteiger partial charge in [-0.15, -0.1) is 6.58 Å². The zero-order chi connectivity index (χ0) is 10.6. The molecular weight excluding hydrogens is 178 g/mol.